The molecule has 0 aliphatic rings. The van der Waals surface area contributed by atoms with Crippen molar-refractivity contribution in [3.63, 3.8) is 0 Å². The molecule has 0 aliphatic carbocycles. The van der Waals surface area contributed by atoms with Crippen molar-refractivity contribution in [3.05, 3.63) is 118 Å². The minimum Gasteiger partial charge on any atom is -0.486 e. The third-order valence-corrected chi connectivity index (χ3v) is 5.33. The molecule has 0 aliphatic heterocycles. The molecule has 6 heteroatoms. The van der Waals surface area contributed by atoms with Gasteiger partial charge >= 0.3 is 0 Å². The van der Waals surface area contributed by atoms with Crippen molar-refractivity contribution >= 4 is 21.8 Å². The van der Waals surface area contributed by atoms with E-state index in [4.69, 9.17) is 9.15 Å². The van der Waals surface area contributed by atoms with Gasteiger partial charge in [-0.3, -0.25) is 9.78 Å². The van der Waals surface area contributed by atoms with Crippen molar-refractivity contribution in [2.75, 3.05) is 7.05 Å². The smallest absolute Gasteiger partial charge is 0.290 e. The number of carbonyl (C=O) groups is 1. The van der Waals surface area contributed by atoms with Crippen LogP contribution in [0.1, 0.15) is 33.6 Å². The summed E-state index contributed by atoms with van der Waals surface area (Å²) in [5.41, 5.74) is 1.76. The average Bonchev–Trinajstić information content (AvgIpc) is 3.28. The van der Waals surface area contributed by atoms with E-state index in [1.165, 1.54) is 0 Å². The van der Waals surface area contributed by atoms with Crippen LogP contribution in [-0.2, 0) is 6.61 Å². The molecule has 2 aromatic carbocycles. The highest BCUT2D eigenvalue weighted by atomic mass is 79.9. The molecule has 0 bridgehead atoms. The maximum absolute atomic E-state index is 13.2. The van der Waals surface area contributed by atoms with Crippen molar-refractivity contribution in [1.82, 2.24) is 9.88 Å². The number of nitrogens with zero attached hydrogens (tertiary/aromatic N) is 2. The summed E-state index contributed by atoms with van der Waals surface area (Å²) in [5, 5.41) is 0. The zero-order chi connectivity index (χ0) is 21.6. The van der Waals surface area contributed by atoms with Gasteiger partial charge < -0.3 is 14.1 Å². The van der Waals surface area contributed by atoms with Crippen LogP contribution in [-0.4, -0.2) is 22.8 Å². The topological polar surface area (TPSA) is 55.6 Å². The fraction of sp³-hybridized carbons (Fsp3) is 0.120. The number of hydrogen-bond acceptors (Lipinski definition) is 4. The molecule has 2 heterocycles. The van der Waals surface area contributed by atoms with Crippen molar-refractivity contribution in [2.24, 2.45) is 0 Å². The van der Waals surface area contributed by atoms with Crippen LogP contribution in [0.5, 0.6) is 5.75 Å². The first-order valence-corrected chi connectivity index (χ1v) is 10.6. The highest BCUT2D eigenvalue weighted by molar-refractivity contribution is 9.10. The first-order valence-electron chi connectivity index (χ1n) is 9.82. The van der Waals surface area contributed by atoms with Crippen LogP contribution in [0.15, 0.2) is 100 Å². The number of pyridine rings is 1. The van der Waals surface area contributed by atoms with E-state index in [-0.39, 0.29) is 24.3 Å². The summed E-state index contributed by atoms with van der Waals surface area (Å²) in [6, 6.07) is 26.2. The minimum atomic E-state index is -0.332. The van der Waals surface area contributed by atoms with Gasteiger partial charge in [0.05, 0.1) is 11.7 Å². The highest BCUT2D eigenvalue weighted by Crippen LogP contribution is 2.28. The predicted octanol–water partition coefficient (Wildman–Crippen LogP) is 5.88. The molecule has 0 fully saturated rings. The number of rotatable bonds is 7. The summed E-state index contributed by atoms with van der Waals surface area (Å²) in [7, 11) is 1.76. The van der Waals surface area contributed by atoms with Gasteiger partial charge in [-0.2, -0.15) is 0 Å². The van der Waals surface area contributed by atoms with Gasteiger partial charge in [0.25, 0.3) is 5.91 Å². The van der Waals surface area contributed by atoms with Crippen molar-refractivity contribution in [2.45, 2.75) is 12.6 Å². The molecule has 0 saturated heterocycles. The maximum Gasteiger partial charge on any atom is 0.290 e. The number of hydrogen-bond donors (Lipinski definition) is 0. The predicted molar refractivity (Wildman–Crippen MR) is 122 cm³/mol. The number of benzene rings is 2. The van der Waals surface area contributed by atoms with Crippen molar-refractivity contribution in [3.8, 4) is 5.75 Å². The Kier molecular flexibility index (Phi) is 6.48. The summed E-state index contributed by atoms with van der Waals surface area (Å²) in [6.07, 6.45) is 1.73. The fourth-order valence-electron chi connectivity index (χ4n) is 3.34. The van der Waals surface area contributed by atoms with E-state index in [9.17, 15) is 4.79 Å². The van der Waals surface area contributed by atoms with Crippen LogP contribution < -0.4 is 4.74 Å². The van der Waals surface area contributed by atoms with E-state index in [0.29, 0.717) is 5.76 Å². The molecule has 0 spiro atoms. The van der Waals surface area contributed by atoms with Gasteiger partial charge in [-0.05, 0) is 48.0 Å². The molecule has 1 unspecified atom stereocenters. The average molecular weight is 477 g/mol. The monoisotopic (exact) mass is 476 g/mol. The van der Waals surface area contributed by atoms with E-state index < -0.39 is 0 Å². The lowest BCUT2D eigenvalue weighted by atomic mass is 10.0. The first kappa shape index (κ1) is 20.9. The van der Waals surface area contributed by atoms with Gasteiger partial charge in [-0.25, -0.2) is 0 Å². The lowest BCUT2D eigenvalue weighted by Crippen LogP contribution is -2.32. The van der Waals surface area contributed by atoms with Gasteiger partial charge in [0.15, 0.2) is 5.76 Å². The Labute approximate surface area is 189 Å². The Hall–Kier alpha value is -3.38. The molecule has 4 aromatic rings. The molecule has 2 aromatic heterocycles. The van der Waals surface area contributed by atoms with Gasteiger partial charge in [0.1, 0.15) is 18.1 Å². The van der Waals surface area contributed by atoms with Crippen LogP contribution in [0, 0.1) is 0 Å². The molecular formula is C25H21BrN2O3. The van der Waals surface area contributed by atoms with Crippen molar-refractivity contribution < 1.29 is 13.9 Å². The van der Waals surface area contributed by atoms with Crippen LogP contribution in [0.4, 0.5) is 0 Å². The second-order valence-electron chi connectivity index (χ2n) is 7.00. The standard InChI is InChI=1S/C25H21BrN2O3/c1-28(24(18-8-3-2-4-9-18)22-12-5-6-15-27-22)25(29)23-14-13-21(31-23)17-30-20-11-7-10-19(26)16-20/h2-16,24H,17H2,1H3. The van der Waals surface area contributed by atoms with Crippen LogP contribution in [0.2, 0.25) is 0 Å². The summed E-state index contributed by atoms with van der Waals surface area (Å²) < 4.78 is 12.5. The number of halogens is 1. The molecule has 31 heavy (non-hydrogen) atoms. The van der Waals surface area contributed by atoms with E-state index in [0.717, 1.165) is 21.5 Å². The number of amides is 1. The largest absolute Gasteiger partial charge is 0.486 e. The van der Waals surface area contributed by atoms with Crippen LogP contribution in [0.3, 0.4) is 0 Å². The molecular weight excluding hydrogens is 456 g/mol. The lowest BCUT2D eigenvalue weighted by molar-refractivity contribution is 0.0716. The lowest BCUT2D eigenvalue weighted by Gasteiger charge is -2.27. The number of ether oxygens (including phenoxy) is 1. The normalized spacial score (nSPS) is 11.7. The third kappa shape index (κ3) is 5.03. The van der Waals surface area contributed by atoms with Gasteiger partial charge in [0, 0.05) is 17.7 Å². The van der Waals surface area contributed by atoms with E-state index >= 15 is 0 Å². The number of carbonyl (C=O) groups excluding carboxylic acids is 1. The van der Waals surface area contributed by atoms with Gasteiger partial charge in [-0.1, -0.05) is 58.4 Å². The van der Waals surface area contributed by atoms with Crippen LogP contribution in [0.25, 0.3) is 0 Å². The molecule has 4 rings (SSSR count). The third-order valence-electron chi connectivity index (χ3n) is 4.84. The molecule has 1 atom stereocenters. The van der Waals surface area contributed by atoms with Crippen LogP contribution >= 0.6 is 15.9 Å². The summed E-state index contributed by atoms with van der Waals surface area (Å²) in [5.74, 6) is 1.32. The maximum atomic E-state index is 13.2. The van der Waals surface area contributed by atoms with Gasteiger partial charge in [0.2, 0.25) is 0 Å². The highest BCUT2D eigenvalue weighted by Gasteiger charge is 2.27. The number of furan rings is 1. The second-order valence-corrected chi connectivity index (χ2v) is 7.91. The fourth-order valence-corrected chi connectivity index (χ4v) is 3.72. The Morgan fingerprint density at radius 3 is 2.58 bits per heavy atom. The number of aromatic nitrogens is 1. The molecule has 1 amide bonds. The SMILES string of the molecule is CN(C(=O)c1ccc(COc2cccc(Br)c2)o1)C(c1ccccc1)c1ccccn1. The second kappa shape index (κ2) is 9.62. The van der Waals surface area contributed by atoms with E-state index in [1.807, 2.05) is 72.8 Å². The zero-order valence-electron chi connectivity index (χ0n) is 16.9. The first-order chi connectivity index (χ1) is 15.1. The Bertz CT molecular complexity index is 1110. The Morgan fingerprint density at radius 1 is 1.03 bits per heavy atom. The van der Waals surface area contributed by atoms with Gasteiger partial charge in [-0.15, -0.1) is 0 Å². The minimum absolute atomic E-state index is 0.229. The molecule has 0 saturated carbocycles. The zero-order valence-corrected chi connectivity index (χ0v) is 18.5. The van der Waals surface area contributed by atoms with E-state index in [2.05, 4.69) is 20.9 Å². The quantitative estimate of drug-likeness (QED) is 0.334. The Balaban J connectivity index is 1.52. The summed E-state index contributed by atoms with van der Waals surface area (Å²) >= 11 is 3.42. The molecule has 5 nitrogen and oxygen atoms in total. The summed E-state index contributed by atoms with van der Waals surface area (Å²) in [4.78, 5) is 19.4. The van der Waals surface area contributed by atoms with Crippen molar-refractivity contribution in [1.29, 1.82) is 0 Å². The molecule has 156 valence electrons. The molecule has 0 N–H and O–H groups in total. The molecule has 0 radical (unpaired) electrons. The Morgan fingerprint density at radius 2 is 1.84 bits per heavy atom. The summed E-state index contributed by atoms with van der Waals surface area (Å²) in [6.45, 7) is 0.232. The van der Waals surface area contributed by atoms with E-state index in [1.54, 1.807) is 30.3 Å².